The van der Waals surface area contributed by atoms with E-state index < -0.39 is 18.5 Å². The van der Waals surface area contributed by atoms with Crippen LogP contribution >= 0.6 is 11.3 Å². The number of nitriles is 1. The van der Waals surface area contributed by atoms with Gasteiger partial charge in [0.05, 0.1) is 12.2 Å². The lowest BCUT2D eigenvalue weighted by molar-refractivity contribution is -0.149. The number of rotatable bonds is 8. The van der Waals surface area contributed by atoms with E-state index in [4.69, 9.17) is 14.2 Å². The second-order valence-corrected chi connectivity index (χ2v) is 7.18. The van der Waals surface area contributed by atoms with Crippen LogP contribution in [0.25, 0.3) is 0 Å². The molecule has 1 aromatic heterocycles. The highest BCUT2D eigenvalue weighted by Crippen LogP contribution is 2.38. The van der Waals surface area contributed by atoms with Crippen LogP contribution in [0, 0.1) is 11.3 Å². The fraction of sp³-hybridized carbons (Fsp3) is 0.350. The van der Waals surface area contributed by atoms with E-state index in [0.717, 1.165) is 29.7 Å². The number of carbonyl (C=O) groups is 2. The van der Waals surface area contributed by atoms with Crippen molar-refractivity contribution in [2.75, 3.05) is 25.1 Å². The minimum Gasteiger partial charge on any atom is -0.494 e. The van der Waals surface area contributed by atoms with Gasteiger partial charge in [0.2, 0.25) is 0 Å². The standard InChI is InChI=1S/C20H20N2O5S/c1-2-25-13-6-8-14(9-7-13)26-12-19(24)27-11-18(23)22-20-16(10-21)15-4-3-5-17(15)28-20/h6-9H,2-5,11-12H2,1H3,(H,22,23). The smallest absolute Gasteiger partial charge is 0.344 e. The van der Waals surface area contributed by atoms with Gasteiger partial charge < -0.3 is 19.5 Å². The molecular formula is C20H20N2O5S. The Labute approximate surface area is 166 Å². The van der Waals surface area contributed by atoms with Gasteiger partial charge >= 0.3 is 5.97 Å². The van der Waals surface area contributed by atoms with E-state index in [0.29, 0.717) is 28.7 Å². The van der Waals surface area contributed by atoms with E-state index in [2.05, 4.69) is 11.4 Å². The maximum atomic E-state index is 12.0. The van der Waals surface area contributed by atoms with Crippen molar-refractivity contribution in [3.63, 3.8) is 0 Å². The molecule has 146 valence electrons. The highest BCUT2D eigenvalue weighted by atomic mass is 32.1. The van der Waals surface area contributed by atoms with Gasteiger partial charge in [0.1, 0.15) is 22.6 Å². The number of anilines is 1. The fourth-order valence-electron chi connectivity index (χ4n) is 2.90. The Balaban J connectivity index is 1.43. The number of amides is 1. The molecular weight excluding hydrogens is 380 g/mol. The second kappa shape index (κ2) is 9.24. The Hall–Kier alpha value is -3.05. The van der Waals surface area contributed by atoms with Gasteiger partial charge in [-0.1, -0.05) is 0 Å². The molecule has 0 saturated carbocycles. The summed E-state index contributed by atoms with van der Waals surface area (Å²) >= 11 is 1.42. The molecule has 0 radical (unpaired) electrons. The Morgan fingerprint density at radius 2 is 1.86 bits per heavy atom. The monoisotopic (exact) mass is 400 g/mol. The number of benzene rings is 1. The minimum absolute atomic E-state index is 0.308. The lowest BCUT2D eigenvalue weighted by Crippen LogP contribution is -2.23. The van der Waals surface area contributed by atoms with Crippen molar-refractivity contribution >= 4 is 28.2 Å². The van der Waals surface area contributed by atoms with Crippen LogP contribution in [-0.2, 0) is 27.2 Å². The molecule has 7 nitrogen and oxygen atoms in total. The summed E-state index contributed by atoms with van der Waals surface area (Å²) in [5.41, 5.74) is 1.56. The SMILES string of the molecule is CCOc1ccc(OCC(=O)OCC(=O)Nc2sc3c(c2C#N)CCC3)cc1. The molecule has 0 atom stereocenters. The van der Waals surface area contributed by atoms with Crippen LogP contribution in [0.4, 0.5) is 5.00 Å². The van der Waals surface area contributed by atoms with Gasteiger partial charge in [0.25, 0.3) is 5.91 Å². The largest absolute Gasteiger partial charge is 0.494 e. The first-order valence-electron chi connectivity index (χ1n) is 8.96. The first kappa shape index (κ1) is 19.7. The average Bonchev–Trinajstić information content (AvgIpc) is 3.26. The molecule has 0 bridgehead atoms. The van der Waals surface area contributed by atoms with Crippen molar-refractivity contribution in [2.45, 2.75) is 26.2 Å². The summed E-state index contributed by atoms with van der Waals surface area (Å²) in [5.74, 6) is 0.0751. The molecule has 2 aromatic rings. The maximum absolute atomic E-state index is 12.0. The topological polar surface area (TPSA) is 97.7 Å². The van der Waals surface area contributed by atoms with Gasteiger partial charge in [0, 0.05) is 4.88 Å². The van der Waals surface area contributed by atoms with Crippen molar-refractivity contribution in [3.05, 3.63) is 40.3 Å². The first-order chi connectivity index (χ1) is 13.6. The fourth-order valence-corrected chi connectivity index (χ4v) is 4.16. The first-order valence-corrected chi connectivity index (χ1v) is 9.78. The Bertz CT molecular complexity index is 899. The summed E-state index contributed by atoms with van der Waals surface area (Å²) in [6.07, 6.45) is 2.83. The molecule has 0 fully saturated rings. The molecule has 8 heteroatoms. The zero-order chi connectivity index (χ0) is 19.9. The number of hydrogen-bond acceptors (Lipinski definition) is 7. The number of hydrogen-bond donors (Lipinski definition) is 1. The van der Waals surface area contributed by atoms with Crippen LogP contribution in [0.1, 0.15) is 29.3 Å². The van der Waals surface area contributed by atoms with E-state index in [-0.39, 0.29) is 6.61 Å². The number of fused-ring (bicyclic) bond motifs is 1. The number of nitrogens with one attached hydrogen (secondary N) is 1. The van der Waals surface area contributed by atoms with Gasteiger partial charge in [0.15, 0.2) is 13.2 Å². The lowest BCUT2D eigenvalue weighted by Gasteiger charge is -2.08. The molecule has 1 amide bonds. The number of aryl methyl sites for hydroxylation is 1. The molecule has 0 unspecified atom stereocenters. The minimum atomic E-state index is -0.654. The zero-order valence-corrected chi connectivity index (χ0v) is 16.3. The third kappa shape index (κ3) is 4.81. The Morgan fingerprint density at radius 3 is 2.54 bits per heavy atom. The number of ether oxygens (including phenoxy) is 3. The molecule has 3 rings (SSSR count). The molecule has 1 N–H and O–H groups in total. The zero-order valence-electron chi connectivity index (χ0n) is 15.4. The second-order valence-electron chi connectivity index (χ2n) is 6.08. The van der Waals surface area contributed by atoms with Crippen LogP contribution in [0.5, 0.6) is 11.5 Å². The number of esters is 1. The number of carbonyl (C=O) groups excluding carboxylic acids is 2. The normalized spacial score (nSPS) is 12.0. The number of nitrogens with zero attached hydrogens (tertiary/aromatic N) is 1. The van der Waals surface area contributed by atoms with E-state index in [1.165, 1.54) is 11.3 Å². The van der Waals surface area contributed by atoms with Crippen molar-refractivity contribution in [2.24, 2.45) is 0 Å². The van der Waals surface area contributed by atoms with Gasteiger partial charge in [-0.2, -0.15) is 5.26 Å². The molecule has 1 aromatic carbocycles. The van der Waals surface area contributed by atoms with Crippen molar-refractivity contribution in [1.29, 1.82) is 5.26 Å². The lowest BCUT2D eigenvalue weighted by atomic mass is 10.1. The van der Waals surface area contributed by atoms with Crippen molar-refractivity contribution < 1.29 is 23.8 Å². The van der Waals surface area contributed by atoms with Gasteiger partial charge in [-0.25, -0.2) is 4.79 Å². The van der Waals surface area contributed by atoms with E-state index in [1.807, 2.05) is 6.92 Å². The van der Waals surface area contributed by atoms with Crippen molar-refractivity contribution in [1.82, 2.24) is 0 Å². The van der Waals surface area contributed by atoms with Gasteiger partial charge in [-0.05, 0) is 56.0 Å². The molecule has 28 heavy (non-hydrogen) atoms. The molecule has 0 aliphatic heterocycles. The van der Waals surface area contributed by atoms with E-state index >= 15 is 0 Å². The molecule has 1 aliphatic carbocycles. The summed E-state index contributed by atoms with van der Waals surface area (Å²) in [6.45, 7) is 1.72. The Morgan fingerprint density at radius 1 is 1.14 bits per heavy atom. The summed E-state index contributed by atoms with van der Waals surface area (Å²) in [5, 5.41) is 12.5. The van der Waals surface area contributed by atoms with E-state index in [9.17, 15) is 14.9 Å². The van der Waals surface area contributed by atoms with Crippen LogP contribution in [-0.4, -0.2) is 31.7 Å². The summed E-state index contributed by atoms with van der Waals surface area (Å²) in [7, 11) is 0. The average molecular weight is 400 g/mol. The summed E-state index contributed by atoms with van der Waals surface area (Å²) in [6, 6.07) is 9.00. The maximum Gasteiger partial charge on any atom is 0.344 e. The Kier molecular flexibility index (Phi) is 6.50. The predicted molar refractivity (Wildman–Crippen MR) is 104 cm³/mol. The predicted octanol–water partition coefficient (Wildman–Crippen LogP) is 3.07. The highest BCUT2D eigenvalue weighted by Gasteiger charge is 2.23. The third-order valence-electron chi connectivity index (χ3n) is 4.14. The number of thiophene rings is 1. The third-order valence-corrected chi connectivity index (χ3v) is 5.35. The van der Waals surface area contributed by atoms with Crippen LogP contribution in [0.15, 0.2) is 24.3 Å². The molecule has 0 saturated heterocycles. The highest BCUT2D eigenvalue weighted by molar-refractivity contribution is 7.16. The van der Waals surface area contributed by atoms with Crippen LogP contribution in [0.3, 0.4) is 0 Å². The molecule has 0 spiro atoms. The van der Waals surface area contributed by atoms with Crippen LogP contribution < -0.4 is 14.8 Å². The molecule has 1 heterocycles. The van der Waals surface area contributed by atoms with Crippen LogP contribution in [0.2, 0.25) is 0 Å². The molecule has 1 aliphatic rings. The van der Waals surface area contributed by atoms with Crippen molar-refractivity contribution in [3.8, 4) is 17.6 Å². The quantitative estimate of drug-likeness (QED) is 0.684. The summed E-state index contributed by atoms with van der Waals surface area (Å²) in [4.78, 5) is 25.0. The van der Waals surface area contributed by atoms with Gasteiger partial charge in [-0.15, -0.1) is 11.3 Å². The summed E-state index contributed by atoms with van der Waals surface area (Å²) < 4.78 is 15.6. The van der Waals surface area contributed by atoms with Gasteiger partial charge in [-0.3, -0.25) is 4.79 Å². The van der Waals surface area contributed by atoms with E-state index in [1.54, 1.807) is 24.3 Å².